The van der Waals surface area contributed by atoms with Crippen LogP contribution in [0.1, 0.15) is 20.3 Å². The topological polar surface area (TPSA) is 12.0 Å². The fourth-order valence-corrected chi connectivity index (χ4v) is 1.30. The second-order valence-electron chi connectivity index (χ2n) is 2.76. The van der Waals surface area contributed by atoms with Gasteiger partial charge >= 0.3 is 0 Å². The van der Waals surface area contributed by atoms with Gasteiger partial charge in [0.25, 0.3) is 0 Å². The lowest BCUT2D eigenvalue weighted by atomic mass is 10.1. The molecule has 0 spiro atoms. The van der Waals surface area contributed by atoms with Gasteiger partial charge in [-0.3, -0.25) is 0 Å². The molecule has 2 unspecified atom stereocenters. The SMILES string of the molecule is CCNC1C=CC(C)C1. The molecule has 52 valence electrons. The summed E-state index contributed by atoms with van der Waals surface area (Å²) in [7, 11) is 0. The van der Waals surface area contributed by atoms with E-state index in [9.17, 15) is 0 Å². The molecule has 0 saturated heterocycles. The molecule has 1 heteroatoms. The van der Waals surface area contributed by atoms with Gasteiger partial charge in [-0.1, -0.05) is 26.0 Å². The average Bonchev–Trinajstić information content (AvgIpc) is 2.17. The van der Waals surface area contributed by atoms with Crippen LogP contribution in [0.4, 0.5) is 0 Å². The van der Waals surface area contributed by atoms with Gasteiger partial charge in [-0.2, -0.15) is 0 Å². The molecule has 0 aromatic rings. The quantitative estimate of drug-likeness (QED) is 0.552. The van der Waals surface area contributed by atoms with Gasteiger partial charge in [-0.05, 0) is 18.9 Å². The summed E-state index contributed by atoms with van der Waals surface area (Å²) in [5, 5.41) is 3.39. The van der Waals surface area contributed by atoms with Crippen LogP contribution in [0.15, 0.2) is 12.2 Å². The molecule has 0 aromatic heterocycles. The van der Waals surface area contributed by atoms with Crippen LogP contribution in [0.5, 0.6) is 0 Å². The first-order valence-electron chi connectivity index (χ1n) is 3.74. The van der Waals surface area contributed by atoms with E-state index in [1.807, 2.05) is 0 Å². The number of hydrogen-bond acceptors (Lipinski definition) is 1. The minimum atomic E-state index is 0.657. The van der Waals surface area contributed by atoms with Gasteiger partial charge in [0.05, 0.1) is 0 Å². The van der Waals surface area contributed by atoms with Crippen LogP contribution in [-0.2, 0) is 0 Å². The van der Waals surface area contributed by atoms with E-state index >= 15 is 0 Å². The molecule has 0 fully saturated rings. The smallest absolute Gasteiger partial charge is 0.0255 e. The van der Waals surface area contributed by atoms with Crippen LogP contribution in [0, 0.1) is 5.92 Å². The zero-order valence-electron chi connectivity index (χ0n) is 6.22. The van der Waals surface area contributed by atoms with Gasteiger partial charge in [0.1, 0.15) is 0 Å². The first kappa shape index (κ1) is 6.81. The van der Waals surface area contributed by atoms with Crippen LogP contribution in [-0.4, -0.2) is 12.6 Å². The Bertz CT molecular complexity index is 107. The third kappa shape index (κ3) is 1.83. The Morgan fingerprint density at radius 3 is 2.78 bits per heavy atom. The zero-order chi connectivity index (χ0) is 6.69. The summed E-state index contributed by atoms with van der Waals surface area (Å²) in [5.41, 5.74) is 0. The molecule has 0 saturated carbocycles. The van der Waals surface area contributed by atoms with Gasteiger partial charge < -0.3 is 5.32 Å². The molecule has 0 aliphatic heterocycles. The summed E-state index contributed by atoms with van der Waals surface area (Å²) < 4.78 is 0. The van der Waals surface area contributed by atoms with Crippen molar-refractivity contribution in [3.05, 3.63) is 12.2 Å². The van der Waals surface area contributed by atoms with Gasteiger partial charge in [0.2, 0.25) is 0 Å². The van der Waals surface area contributed by atoms with Gasteiger partial charge in [0.15, 0.2) is 0 Å². The average molecular weight is 125 g/mol. The summed E-state index contributed by atoms with van der Waals surface area (Å²) in [6.07, 6.45) is 5.84. The van der Waals surface area contributed by atoms with E-state index in [4.69, 9.17) is 0 Å². The van der Waals surface area contributed by atoms with Crippen molar-refractivity contribution in [2.24, 2.45) is 5.92 Å². The normalized spacial score (nSPS) is 33.6. The van der Waals surface area contributed by atoms with E-state index in [2.05, 4.69) is 31.3 Å². The summed E-state index contributed by atoms with van der Waals surface area (Å²) in [6.45, 7) is 5.49. The predicted molar refractivity (Wildman–Crippen MR) is 40.4 cm³/mol. The number of allylic oxidation sites excluding steroid dienone is 1. The van der Waals surface area contributed by atoms with E-state index in [1.54, 1.807) is 0 Å². The maximum Gasteiger partial charge on any atom is 0.0255 e. The molecule has 0 amide bonds. The standard InChI is InChI=1S/C8H15N/c1-3-9-8-5-4-7(2)6-8/h4-5,7-9H,3,6H2,1-2H3. The molecule has 0 heterocycles. The highest BCUT2D eigenvalue weighted by Crippen LogP contribution is 2.15. The molecule has 1 aliphatic rings. The Morgan fingerprint density at radius 2 is 2.33 bits per heavy atom. The molecule has 1 N–H and O–H groups in total. The van der Waals surface area contributed by atoms with Crippen LogP contribution in [0.3, 0.4) is 0 Å². The van der Waals surface area contributed by atoms with Crippen molar-refractivity contribution < 1.29 is 0 Å². The van der Waals surface area contributed by atoms with Crippen molar-refractivity contribution in [3.63, 3.8) is 0 Å². The number of rotatable bonds is 2. The van der Waals surface area contributed by atoms with Gasteiger partial charge in [0, 0.05) is 6.04 Å². The van der Waals surface area contributed by atoms with Crippen LogP contribution in [0.2, 0.25) is 0 Å². The highest BCUT2D eigenvalue weighted by Gasteiger charge is 2.12. The van der Waals surface area contributed by atoms with E-state index in [0.717, 1.165) is 12.5 Å². The molecule has 0 bridgehead atoms. The fraction of sp³-hybridized carbons (Fsp3) is 0.750. The molecule has 0 radical (unpaired) electrons. The van der Waals surface area contributed by atoms with Crippen molar-refractivity contribution in [3.8, 4) is 0 Å². The molecule has 1 aliphatic carbocycles. The van der Waals surface area contributed by atoms with E-state index in [1.165, 1.54) is 6.42 Å². The van der Waals surface area contributed by atoms with Crippen molar-refractivity contribution in [2.45, 2.75) is 26.3 Å². The maximum absolute atomic E-state index is 3.39. The first-order chi connectivity index (χ1) is 4.33. The lowest BCUT2D eigenvalue weighted by Crippen LogP contribution is -2.25. The lowest BCUT2D eigenvalue weighted by Gasteiger charge is -2.08. The van der Waals surface area contributed by atoms with Crippen molar-refractivity contribution >= 4 is 0 Å². The second-order valence-corrected chi connectivity index (χ2v) is 2.76. The Morgan fingerprint density at radius 1 is 1.56 bits per heavy atom. The van der Waals surface area contributed by atoms with Crippen molar-refractivity contribution in [1.29, 1.82) is 0 Å². The maximum atomic E-state index is 3.39. The number of nitrogens with one attached hydrogen (secondary N) is 1. The molecule has 2 atom stereocenters. The molecular formula is C8H15N. The summed E-state index contributed by atoms with van der Waals surface area (Å²) in [5.74, 6) is 0.786. The van der Waals surface area contributed by atoms with E-state index in [-0.39, 0.29) is 0 Å². The first-order valence-corrected chi connectivity index (χ1v) is 3.74. The Hall–Kier alpha value is -0.300. The molecule has 1 nitrogen and oxygen atoms in total. The summed E-state index contributed by atoms with van der Waals surface area (Å²) >= 11 is 0. The lowest BCUT2D eigenvalue weighted by molar-refractivity contribution is 0.546. The second kappa shape index (κ2) is 3.02. The van der Waals surface area contributed by atoms with Crippen LogP contribution >= 0.6 is 0 Å². The molecule has 9 heavy (non-hydrogen) atoms. The van der Waals surface area contributed by atoms with Crippen LogP contribution < -0.4 is 5.32 Å². The molecule has 0 aromatic carbocycles. The van der Waals surface area contributed by atoms with Gasteiger partial charge in [-0.25, -0.2) is 0 Å². The number of likely N-dealkylation sites (N-methyl/N-ethyl adjacent to an activating group) is 1. The highest BCUT2D eigenvalue weighted by atomic mass is 14.9. The monoisotopic (exact) mass is 125 g/mol. The van der Waals surface area contributed by atoms with Crippen molar-refractivity contribution in [1.82, 2.24) is 5.32 Å². The molecule has 1 rings (SSSR count). The minimum absolute atomic E-state index is 0.657. The predicted octanol–water partition coefficient (Wildman–Crippen LogP) is 1.56. The summed E-state index contributed by atoms with van der Waals surface area (Å²) in [4.78, 5) is 0. The minimum Gasteiger partial charge on any atom is -0.311 e. The fourth-order valence-electron chi connectivity index (χ4n) is 1.30. The Labute approximate surface area is 57.1 Å². The highest BCUT2D eigenvalue weighted by molar-refractivity contribution is 5.04. The third-order valence-electron chi connectivity index (χ3n) is 1.76. The molecular weight excluding hydrogens is 110 g/mol. The summed E-state index contributed by atoms with van der Waals surface area (Å²) in [6, 6.07) is 0.657. The zero-order valence-corrected chi connectivity index (χ0v) is 6.22. The Kier molecular flexibility index (Phi) is 2.29. The van der Waals surface area contributed by atoms with Gasteiger partial charge in [-0.15, -0.1) is 0 Å². The van der Waals surface area contributed by atoms with Crippen LogP contribution in [0.25, 0.3) is 0 Å². The largest absolute Gasteiger partial charge is 0.311 e. The Balaban J connectivity index is 2.24. The number of hydrogen-bond donors (Lipinski definition) is 1. The van der Waals surface area contributed by atoms with E-state index in [0.29, 0.717) is 6.04 Å². The van der Waals surface area contributed by atoms with Crippen molar-refractivity contribution in [2.75, 3.05) is 6.54 Å². The van der Waals surface area contributed by atoms with E-state index < -0.39 is 0 Å². The third-order valence-corrected chi connectivity index (χ3v) is 1.76.